The molecule has 2 aromatic rings. The van der Waals surface area contributed by atoms with Gasteiger partial charge in [0.1, 0.15) is 5.15 Å². The van der Waals surface area contributed by atoms with Crippen LogP contribution in [-0.2, 0) is 0 Å². The van der Waals surface area contributed by atoms with Crippen molar-refractivity contribution in [3.8, 4) is 11.4 Å². The van der Waals surface area contributed by atoms with Crippen molar-refractivity contribution in [2.24, 2.45) is 0 Å². The molecule has 1 aromatic carbocycles. The molecule has 0 fully saturated rings. The van der Waals surface area contributed by atoms with Gasteiger partial charge in [0, 0.05) is 6.20 Å². The van der Waals surface area contributed by atoms with Gasteiger partial charge in [0.15, 0.2) is 5.82 Å². The van der Waals surface area contributed by atoms with E-state index in [1.165, 1.54) is 0 Å². The van der Waals surface area contributed by atoms with Crippen LogP contribution in [0.1, 0.15) is 0 Å². The molecule has 0 aliphatic carbocycles. The number of hydrogen-bond acceptors (Lipinski definition) is 2. The van der Waals surface area contributed by atoms with Crippen molar-refractivity contribution in [1.82, 2.24) is 9.97 Å². The van der Waals surface area contributed by atoms with Gasteiger partial charge in [-0.3, -0.25) is 0 Å². The zero-order valence-electron chi connectivity index (χ0n) is 7.42. The van der Waals surface area contributed by atoms with E-state index < -0.39 is 0 Å². The van der Waals surface area contributed by atoms with Gasteiger partial charge in [-0.1, -0.05) is 40.9 Å². The van der Waals surface area contributed by atoms with Crippen molar-refractivity contribution in [3.05, 3.63) is 45.7 Å². The zero-order valence-corrected chi connectivity index (χ0v) is 9.68. The molecule has 2 nitrogen and oxygen atoms in total. The molecule has 0 bridgehead atoms. The van der Waals surface area contributed by atoms with Crippen LogP contribution in [0.25, 0.3) is 11.4 Å². The first-order valence-corrected chi connectivity index (χ1v) is 5.25. The van der Waals surface area contributed by atoms with E-state index in [0.717, 1.165) is 0 Å². The highest BCUT2D eigenvalue weighted by molar-refractivity contribution is 6.39. The third-order valence-electron chi connectivity index (χ3n) is 1.81. The second kappa shape index (κ2) is 4.35. The number of halogens is 3. The van der Waals surface area contributed by atoms with E-state index in [1.54, 1.807) is 30.5 Å². The van der Waals surface area contributed by atoms with E-state index in [-0.39, 0.29) is 0 Å². The van der Waals surface area contributed by atoms with Gasteiger partial charge < -0.3 is 0 Å². The van der Waals surface area contributed by atoms with Crippen molar-refractivity contribution in [3.63, 3.8) is 0 Å². The molecular weight excluding hydrogens is 254 g/mol. The maximum absolute atomic E-state index is 6.01. The largest absolute Gasteiger partial charge is 0.236 e. The molecule has 0 saturated carbocycles. The SMILES string of the molecule is Clc1ccnc(-c2c(Cl)cccc2Cl)n1. The van der Waals surface area contributed by atoms with E-state index in [2.05, 4.69) is 9.97 Å². The molecule has 0 aliphatic heterocycles. The molecule has 0 radical (unpaired) electrons. The minimum absolute atomic E-state index is 0.357. The number of benzene rings is 1. The number of nitrogens with zero attached hydrogens (tertiary/aromatic N) is 2. The maximum atomic E-state index is 6.01. The minimum Gasteiger partial charge on any atom is -0.236 e. The monoisotopic (exact) mass is 258 g/mol. The highest BCUT2D eigenvalue weighted by Gasteiger charge is 2.10. The topological polar surface area (TPSA) is 25.8 Å². The molecule has 0 saturated heterocycles. The lowest BCUT2D eigenvalue weighted by atomic mass is 10.2. The Morgan fingerprint density at radius 3 is 2.20 bits per heavy atom. The summed E-state index contributed by atoms with van der Waals surface area (Å²) in [7, 11) is 0. The Bertz CT molecular complexity index is 480. The van der Waals surface area contributed by atoms with Crippen molar-refractivity contribution in [2.45, 2.75) is 0 Å². The van der Waals surface area contributed by atoms with E-state index >= 15 is 0 Å². The molecule has 1 heterocycles. The lowest BCUT2D eigenvalue weighted by molar-refractivity contribution is 1.18. The summed E-state index contributed by atoms with van der Waals surface area (Å²) in [6.45, 7) is 0. The fourth-order valence-corrected chi connectivity index (χ4v) is 1.87. The molecule has 76 valence electrons. The molecule has 0 unspecified atom stereocenters. The quantitative estimate of drug-likeness (QED) is 0.721. The van der Waals surface area contributed by atoms with Gasteiger partial charge in [-0.05, 0) is 18.2 Å². The average molecular weight is 260 g/mol. The van der Waals surface area contributed by atoms with E-state index in [0.29, 0.717) is 26.6 Å². The average Bonchev–Trinajstić information content (AvgIpc) is 2.17. The van der Waals surface area contributed by atoms with Crippen LogP contribution in [0, 0.1) is 0 Å². The number of rotatable bonds is 1. The molecule has 0 aliphatic rings. The van der Waals surface area contributed by atoms with Crippen LogP contribution in [0.4, 0.5) is 0 Å². The second-order valence-electron chi connectivity index (χ2n) is 2.80. The first kappa shape index (κ1) is 10.7. The predicted molar refractivity (Wildman–Crippen MR) is 62.5 cm³/mol. The van der Waals surface area contributed by atoms with Crippen LogP contribution >= 0.6 is 34.8 Å². The summed E-state index contributed by atoms with van der Waals surface area (Å²) in [5.41, 5.74) is 0.600. The smallest absolute Gasteiger partial charge is 0.163 e. The summed E-state index contributed by atoms with van der Waals surface area (Å²) in [5.74, 6) is 0.429. The van der Waals surface area contributed by atoms with Crippen molar-refractivity contribution in [2.75, 3.05) is 0 Å². The summed E-state index contributed by atoms with van der Waals surface area (Å²) in [6.07, 6.45) is 1.56. The summed E-state index contributed by atoms with van der Waals surface area (Å²) in [6, 6.07) is 6.81. The Morgan fingerprint density at radius 2 is 1.60 bits per heavy atom. The molecule has 0 amide bonds. The summed E-state index contributed by atoms with van der Waals surface area (Å²) in [4.78, 5) is 8.12. The van der Waals surface area contributed by atoms with Gasteiger partial charge in [0.2, 0.25) is 0 Å². The van der Waals surface area contributed by atoms with E-state index in [9.17, 15) is 0 Å². The predicted octanol–water partition coefficient (Wildman–Crippen LogP) is 4.10. The molecule has 2 rings (SSSR count). The summed E-state index contributed by atoms with van der Waals surface area (Å²) < 4.78 is 0. The number of hydrogen-bond donors (Lipinski definition) is 0. The van der Waals surface area contributed by atoms with Crippen LogP contribution in [0.15, 0.2) is 30.5 Å². The Morgan fingerprint density at radius 1 is 0.933 bits per heavy atom. The molecule has 1 aromatic heterocycles. The van der Waals surface area contributed by atoms with Crippen molar-refractivity contribution in [1.29, 1.82) is 0 Å². The van der Waals surface area contributed by atoms with Crippen LogP contribution < -0.4 is 0 Å². The van der Waals surface area contributed by atoms with Gasteiger partial charge >= 0.3 is 0 Å². The standard InChI is InChI=1S/C10H5Cl3N2/c11-6-2-1-3-7(12)9(6)10-14-5-4-8(13)15-10/h1-5H. The molecular formula is C10H5Cl3N2. The van der Waals surface area contributed by atoms with Crippen LogP contribution in [0.5, 0.6) is 0 Å². The highest BCUT2D eigenvalue weighted by atomic mass is 35.5. The third-order valence-corrected chi connectivity index (χ3v) is 2.65. The van der Waals surface area contributed by atoms with Gasteiger partial charge in [-0.2, -0.15) is 0 Å². The molecule has 5 heteroatoms. The zero-order chi connectivity index (χ0) is 10.8. The van der Waals surface area contributed by atoms with Crippen LogP contribution in [-0.4, -0.2) is 9.97 Å². The minimum atomic E-state index is 0.357. The Balaban J connectivity index is 2.63. The fraction of sp³-hybridized carbons (Fsp3) is 0. The highest BCUT2D eigenvalue weighted by Crippen LogP contribution is 2.32. The Kier molecular flexibility index (Phi) is 3.10. The van der Waals surface area contributed by atoms with Gasteiger partial charge in [0.25, 0.3) is 0 Å². The lowest BCUT2D eigenvalue weighted by Crippen LogP contribution is -1.90. The third kappa shape index (κ3) is 2.23. The molecule has 0 N–H and O–H groups in total. The van der Waals surface area contributed by atoms with Crippen LogP contribution in [0.2, 0.25) is 15.2 Å². The fourth-order valence-electron chi connectivity index (χ4n) is 1.17. The van der Waals surface area contributed by atoms with E-state index in [1.807, 2.05) is 0 Å². The molecule has 15 heavy (non-hydrogen) atoms. The molecule has 0 atom stereocenters. The second-order valence-corrected chi connectivity index (χ2v) is 4.00. The van der Waals surface area contributed by atoms with Crippen LogP contribution in [0.3, 0.4) is 0 Å². The Labute approximate surface area is 102 Å². The summed E-state index contributed by atoms with van der Waals surface area (Å²) in [5, 5.41) is 1.37. The van der Waals surface area contributed by atoms with Gasteiger partial charge in [0.05, 0.1) is 15.6 Å². The normalized spacial score (nSPS) is 10.3. The lowest BCUT2D eigenvalue weighted by Gasteiger charge is -2.04. The Hall–Kier alpha value is -0.830. The first-order valence-electron chi connectivity index (χ1n) is 4.11. The van der Waals surface area contributed by atoms with Crippen molar-refractivity contribution < 1.29 is 0 Å². The summed E-state index contributed by atoms with van der Waals surface area (Å²) >= 11 is 17.8. The number of aromatic nitrogens is 2. The molecule has 0 spiro atoms. The van der Waals surface area contributed by atoms with Crippen molar-refractivity contribution >= 4 is 34.8 Å². The first-order chi connectivity index (χ1) is 7.18. The van der Waals surface area contributed by atoms with Gasteiger partial charge in [-0.25, -0.2) is 9.97 Å². The van der Waals surface area contributed by atoms with Gasteiger partial charge in [-0.15, -0.1) is 0 Å². The maximum Gasteiger partial charge on any atom is 0.163 e. The van der Waals surface area contributed by atoms with E-state index in [4.69, 9.17) is 34.8 Å².